The van der Waals surface area contributed by atoms with Crippen LogP contribution in [-0.2, 0) is 9.59 Å². The number of carbonyl (C=O) groups excluding carboxylic acids is 2. The van der Waals surface area contributed by atoms with Crippen molar-refractivity contribution < 1.29 is 9.59 Å². The van der Waals surface area contributed by atoms with Gasteiger partial charge in [0.15, 0.2) is 0 Å². The molecule has 4 rings (SSSR count). The van der Waals surface area contributed by atoms with Crippen LogP contribution in [0.1, 0.15) is 30.7 Å². The van der Waals surface area contributed by atoms with Gasteiger partial charge >= 0.3 is 0 Å². The van der Waals surface area contributed by atoms with Crippen molar-refractivity contribution in [2.24, 2.45) is 5.92 Å². The number of amides is 2. The molecule has 0 saturated carbocycles. The van der Waals surface area contributed by atoms with Gasteiger partial charge in [-0.3, -0.25) is 9.59 Å². The normalized spacial score (nSPS) is 19.1. The Hall–Kier alpha value is -2.67. The second kappa shape index (κ2) is 7.99. The molecule has 1 aromatic heterocycles. The summed E-state index contributed by atoms with van der Waals surface area (Å²) in [5.41, 5.74) is 2.87. The van der Waals surface area contributed by atoms with Crippen LogP contribution in [0.4, 0.5) is 17.3 Å². The maximum Gasteiger partial charge on any atom is 0.229 e. The standard InChI is InChI=1S/C21H24ClN5O2/c1-13-19(14(2)24-21(23-13)26-9-3-4-10-26)25-20(29)15-11-18(28)27(12-15)17-7-5-16(22)6-8-17/h5-8,15H,3-4,9-12H2,1-2H3,(H,25,29). The maximum atomic E-state index is 12.9. The van der Waals surface area contributed by atoms with Crippen LogP contribution in [0.25, 0.3) is 0 Å². The van der Waals surface area contributed by atoms with E-state index in [1.165, 1.54) is 0 Å². The number of carbonyl (C=O) groups is 2. The van der Waals surface area contributed by atoms with E-state index < -0.39 is 5.92 Å². The zero-order chi connectivity index (χ0) is 20.5. The number of nitrogens with one attached hydrogen (secondary N) is 1. The fourth-order valence-electron chi connectivity index (χ4n) is 3.92. The molecule has 3 heterocycles. The van der Waals surface area contributed by atoms with Gasteiger partial charge in [0.25, 0.3) is 0 Å². The third kappa shape index (κ3) is 4.05. The van der Waals surface area contributed by atoms with Crippen molar-refractivity contribution in [3.63, 3.8) is 0 Å². The predicted octanol–water partition coefficient (Wildman–Crippen LogP) is 3.34. The van der Waals surface area contributed by atoms with E-state index in [1.54, 1.807) is 29.2 Å². The van der Waals surface area contributed by atoms with Crippen molar-refractivity contribution in [2.45, 2.75) is 33.1 Å². The monoisotopic (exact) mass is 413 g/mol. The number of aryl methyl sites for hydroxylation is 2. The zero-order valence-electron chi connectivity index (χ0n) is 16.6. The molecule has 8 heteroatoms. The van der Waals surface area contributed by atoms with E-state index >= 15 is 0 Å². The summed E-state index contributed by atoms with van der Waals surface area (Å²) >= 11 is 5.92. The third-order valence-electron chi connectivity index (χ3n) is 5.53. The second-order valence-corrected chi connectivity index (χ2v) is 8.07. The zero-order valence-corrected chi connectivity index (χ0v) is 17.4. The minimum absolute atomic E-state index is 0.0680. The molecule has 1 aromatic carbocycles. The Bertz CT molecular complexity index is 918. The van der Waals surface area contributed by atoms with Crippen molar-refractivity contribution in [1.29, 1.82) is 0 Å². The van der Waals surface area contributed by atoms with Crippen LogP contribution in [0.3, 0.4) is 0 Å². The van der Waals surface area contributed by atoms with E-state index in [2.05, 4.69) is 20.2 Å². The summed E-state index contributed by atoms with van der Waals surface area (Å²) in [6.07, 6.45) is 2.48. The molecule has 1 unspecified atom stereocenters. The highest BCUT2D eigenvalue weighted by Gasteiger charge is 2.35. The maximum absolute atomic E-state index is 12.9. The summed E-state index contributed by atoms with van der Waals surface area (Å²) in [4.78, 5) is 38.3. The molecule has 0 aliphatic carbocycles. The number of aromatic nitrogens is 2. The van der Waals surface area contributed by atoms with Crippen LogP contribution in [0.5, 0.6) is 0 Å². The smallest absolute Gasteiger partial charge is 0.229 e. The fourth-order valence-corrected chi connectivity index (χ4v) is 4.04. The highest BCUT2D eigenvalue weighted by molar-refractivity contribution is 6.30. The van der Waals surface area contributed by atoms with Crippen LogP contribution < -0.4 is 15.1 Å². The van der Waals surface area contributed by atoms with Crippen LogP contribution in [-0.4, -0.2) is 41.4 Å². The minimum Gasteiger partial charge on any atom is -0.341 e. The van der Waals surface area contributed by atoms with Gasteiger partial charge in [-0.15, -0.1) is 0 Å². The summed E-state index contributed by atoms with van der Waals surface area (Å²) in [5.74, 6) is 0.0516. The van der Waals surface area contributed by atoms with E-state index in [-0.39, 0.29) is 18.2 Å². The fraction of sp³-hybridized carbons (Fsp3) is 0.429. The van der Waals surface area contributed by atoms with Gasteiger partial charge in [0.2, 0.25) is 17.8 Å². The first-order chi connectivity index (χ1) is 13.9. The van der Waals surface area contributed by atoms with Gasteiger partial charge < -0.3 is 15.1 Å². The molecule has 2 aliphatic heterocycles. The molecular weight excluding hydrogens is 390 g/mol. The van der Waals surface area contributed by atoms with Crippen molar-refractivity contribution in [2.75, 3.05) is 34.8 Å². The number of anilines is 3. The topological polar surface area (TPSA) is 78.4 Å². The van der Waals surface area contributed by atoms with Crippen LogP contribution in [0, 0.1) is 19.8 Å². The number of benzene rings is 1. The van der Waals surface area contributed by atoms with E-state index in [9.17, 15) is 9.59 Å². The summed E-state index contributed by atoms with van der Waals surface area (Å²) < 4.78 is 0. The van der Waals surface area contributed by atoms with E-state index in [1.807, 2.05) is 13.8 Å². The SMILES string of the molecule is Cc1nc(N2CCCC2)nc(C)c1NC(=O)C1CC(=O)N(c2ccc(Cl)cc2)C1. The van der Waals surface area contributed by atoms with Gasteiger partial charge in [-0.25, -0.2) is 9.97 Å². The number of halogens is 1. The van der Waals surface area contributed by atoms with Crippen molar-refractivity contribution in [3.05, 3.63) is 40.7 Å². The highest BCUT2D eigenvalue weighted by atomic mass is 35.5. The Labute approximate surface area is 175 Å². The first-order valence-corrected chi connectivity index (χ1v) is 10.3. The number of nitrogens with zero attached hydrogens (tertiary/aromatic N) is 4. The first-order valence-electron chi connectivity index (χ1n) is 9.89. The van der Waals surface area contributed by atoms with Crippen LogP contribution in [0.15, 0.2) is 24.3 Å². The van der Waals surface area contributed by atoms with E-state index in [4.69, 9.17) is 11.6 Å². The number of hydrogen-bond donors (Lipinski definition) is 1. The summed E-state index contributed by atoms with van der Waals surface area (Å²) in [6, 6.07) is 7.06. The average Bonchev–Trinajstić information content (AvgIpc) is 3.35. The lowest BCUT2D eigenvalue weighted by Gasteiger charge is -2.19. The van der Waals surface area contributed by atoms with Crippen LogP contribution in [0.2, 0.25) is 5.02 Å². The Kier molecular flexibility index (Phi) is 5.41. The summed E-state index contributed by atoms with van der Waals surface area (Å²) in [6.45, 7) is 6.04. The molecule has 0 radical (unpaired) electrons. The second-order valence-electron chi connectivity index (χ2n) is 7.63. The number of rotatable bonds is 4. The molecule has 1 N–H and O–H groups in total. The average molecular weight is 414 g/mol. The Balaban J connectivity index is 1.47. The molecular formula is C21H24ClN5O2. The molecule has 2 aliphatic rings. The highest BCUT2D eigenvalue weighted by Crippen LogP contribution is 2.28. The summed E-state index contributed by atoms with van der Waals surface area (Å²) in [7, 11) is 0. The van der Waals surface area contributed by atoms with Gasteiger partial charge in [0.1, 0.15) is 0 Å². The Morgan fingerprint density at radius 2 is 1.72 bits per heavy atom. The lowest BCUT2D eigenvalue weighted by Crippen LogP contribution is -2.29. The molecule has 29 heavy (non-hydrogen) atoms. The molecule has 7 nitrogen and oxygen atoms in total. The van der Waals surface area contributed by atoms with Crippen molar-refractivity contribution in [1.82, 2.24) is 9.97 Å². The molecule has 0 spiro atoms. The predicted molar refractivity (Wildman–Crippen MR) is 113 cm³/mol. The molecule has 1 atom stereocenters. The molecule has 0 bridgehead atoms. The van der Waals surface area contributed by atoms with Gasteiger partial charge in [-0.2, -0.15) is 0 Å². The molecule has 2 amide bonds. The summed E-state index contributed by atoms with van der Waals surface area (Å²) in [5, 5.41) is 3.57. The third-order valence-corrected chi connectivity index (χ3v) is 5.78. The van der Waals surface area contributed by atoms with Gasteiger partial charge in [0, 0.05) is 36.8 Å². The molecule has 152 valence electrons. The van der Waals surface area contributed by atoms with Gasteiger partial charge in [0.05, 0.1) is 23.0 Å². The molecule has 2 fully saturated rings. The van der Waals surface area contributed by atoms with Gasteiger partial charge in [-0.05, 0) is 51.0 Å². The Morgan fingerprint density at radius 1 is 1.10 bits per heavy atom. The minimum atomic E-state index is -0.421. The van der Waals surface area contributed by atoms with Gasteiger partial charge in [-0.1, -0.05) is 11.6 Å². The lowest BCUT2D eigenvalue weighted by molar-refractivity contribution is -0.122. The van der Waals surface area contributed by atoms with E-state index in [0.717, 1.165) is 49.0 Å². The Morgan fingerprint density at radius 3 is 2.34 bits per heavy atom. The quantitative estimate of drug-likeness (QED) is 0.831. The van der Waals surface area contributed by atoms with E-state index in [0.29, 0.717) is 17.3 Å². The van der Waals surface area contributed by atoms with Crippen molar-refractivity contribution in [3.8, 4) is 0 Å². The van der Waals surface area contributed by atoms with Crippen LogP contribution >= 0.6 is 11.6 Å². The molecule has 2 saturated heterocycles. The molecule has 2 aromatic rings. The number of hydrogen-bond acceptors (Lipinski definition) is 5. The lowest BCUT2D eigenvalue weighted by atomic mass is 10.1. The van der Waals surface area contributed by atoms with Crippen molar-refractivity contribution >= 4 is 40.7 Å². The largest absolute Gasteiger partial charge is 0.341 e. The first kappa shape index (κ1) is 19.6.